The van der Waals surface area contributed by atoms with E-state index in [4.69, 9.17) is 12.6 Å². The van der Waals surface area contributed by atoms with Gasteiger partial charge in [0.1, 0.15) is 20.2 Å². The first-order valence-corrected chi connectivity index (χ1v) is 7.67. The Balaban J connectivity index is 1.63. The van der Waals surface area contributed by atoms with Crippen LogP contribution in [-0.4, -0.2) is 22.4 Å². The molecule has 2 heterocycles. The molecule has 4 nitrogen and oxygen atoms in total. The monoisotopic (exact) mass is 311 g/mol. The maximum absolute atomic E-state index is 5.88. The van der Waals surface area contributed by atoms with E-state index in [1.54, 1.807) is 0 Å². The molecular formula is C19H14BN3O. The van der Waals surface area contributed by atoms with Gasteiger partial charge in [0.25, 0.3) is 0 Å². The Morgan fingerprint density at radius 3 is 2.67 bits per heavy atom. The molecule has 4 rings (SSSR count). The lowest BCUT2D eigenvalue weighted by molar-refractivity contribution is 0.306. The van der Waals surface area contributed by atoms with E-state index in [1.807, 2.05) is 77.3 Å². The summed E-state index contributed by atoms with van der Waals surface area (Å²) >= 11 is 0. The zero-order valence-electron chi connectivity index (χ0n) is 13.0. The van der Waals surface area contributed by atoms with Gasteiger partial charge in [-0.1, -0.05) is 54.0 Å². The quantitative estimate of drug-likeness (QED) is 0.544. The molecule has 0 unspecified atom stereocenters. The van der Waals surface area contributed by atoms with Crippen LogP contribution in [0.3, 0.4) is 0 Å². The Labute approximate surface area is 141 Å². The SMILES string of the molecule is [B]c1ccc2nnc(-c3cccc(OCc4ccccc4)c3)n2c1. The summed E-state index contributed by atoms with van der Waals surface area (Å²) in [5.74, 6) is 1.53. The molecule has 4 aromatic rings. The molecule has 0 fully saturated rings. The molecule has 0 atom stereocenters. The molecule has 0 saturated carbocycles. The third-order valence-electron chi connectivity index (χ3n) is 3.77. The van der Waals surface area contributed by atoms with E-state index >= 15 is 0 Å². The molecule has 0 spiro atoms. The van der Waals surface area contributed by atoms with Gasteiger partial charge in [0.2, 0.25) is 0 Å². The standard InChI is InChI=1S/C19H14BN3O/c20-16-9-10-18-21-22-19(23(18)12-16)15-7-4-8-17(11-15)24-13-14-5-2-1-3-6-14/h1-12H,13H2. The minimum atomic E-state index is 0.526. The van der Waals surface area contributed by atoms with Crippen LogP contribution in [0.1, 0.15) is 5.56 Å². The summed E-state index contributed by atoms with van der Waals surface area (Å²) in [4.78, 5) is 0. The van der Waals surface area contributed by atoms with Gasteiger partial charge in [0, 0.05) is 11.8 Å². The molecule has 0 bridgehead atoms. The Bertz CT molecular complexity index is 982. The number of rotatable bonds is 4. The number of nitrogens with zero attached hydrogens (tertiary/aromatic N) is 3. The third-order valence-corrected chi connectivity index (χ3v) is 3.77. The summed E-state index contributed by atoms with van der Waals surface area (Å²) < 4.78 is 7.77. The van der Waals surface area contributed by atoms with Crippen molar-refractivity contribution in [3.05, 3.63) is 78.5 Å². The van der Waals surface area contributed by atoms with Crippen molar-refractivity contribution >= 4 is 19.0 Å². The molecule has 0 aliphatic heterocycles. The van der Waals surface area contributed by atoms with Gasteiger partial charge in [-0.2, -0.15) is 0 Å². The molecule has 2 radical (unpaired) electrons. The van der Waals surface area contributed by atoms with E-state index in [1.165, 1.54) is 0 Å². The molecule has 114 valence electrons. The number of hydrogen-bond acceptors (Lipinski definition) is 3. The van der Waals surface area contributed by atoms with Crippen LogP contribution < -0.4 is 10.2 Å². The summed E-state index contributed by atoms with van der Waals surface area (Å²) in [7, 11) is 5.87. The van der Waals surface area contributed by atoms with Crippen LogP contribution in [0.2, 0.25) is 0 Å². The number of benzene rings is 2. The van der Waals surface area contributed by atoms with E-state index in [0.717, 1.165) is 28.3 Å². The first-order valence-electron chi connectivity index (χ1n) is 7.67. The van der Waals surface area contributed by atoms with E-state index in [0.29, 0.717) is 12.1 Å². The zero-order valence-corrected chi connectivity index (χ0v) is 13.0. The van der Waals surface area contributed by atoms with Crippen LogP contribution in [0.15, 0.2) is 72.9 Å². The highest BCUT2D eigenvalue weighted by molar-refractivity contribution is 6.32. The van der Waals surface area contributed by atoms with Crippen molar-refractivity contribution in [2.75, 3.05) is 0 Å². The van der Waals surface area contributed by atoms with Gasteiger partial charge >= 0.3 is 0 Å². The highest BCUT2D eigenvalue weighted by Crippen LogP contribution is 2.23. The Morgan fingerprint density at radius 2 is 1.79 bits per heavy atom. The number of fused-ring (bicyclic) bond motifs is 1. The molecule has 0 saturated heterocycles. The first kappa shape index (κ1) is 14.5. The highest BCUT2D eigenvalue weighted by atomic mass is 16.5. The first-order chi connectivity index (χ1) is 11.8. The van der Waals surface area contributed by atoms with Crippen molar-refractivity contribution in [1.29, 1.82) is 0 Å². The van der Waals surface area contributed by atoms with Gasteiger partial charge < -0.3 is 4.74 Å². The fourth-order valence-electron chi connectivity index (χ4n) is 2.57. The molecule has 24 heavy (non-hydrogen) atoms. The Kier molecular flexibility index (Phi) is 3.75. The van der Waals surface area contributed by atoms with Crippen LogP contribution in [0.4, 0.5) is 0 Å². The molecule has 0 aliphatic rings. The summed E-state index contributed by atoms with van der Waals surface area (Å²) in [6.07, 6.45) is 1.82. The number of ether oxygens (including phenoxy) is 1. The van der Waals surface area contributed by atoms with Crippen molar-refractivity contribution in [3.63, 3.8) is 0 Å². The van der Waals surface area contributed by atoms with Gasteiger partial charge in [-0.25, -0.2) is 0 Å². The van der Waals surface area contributed by atoms with E-state index in [2.05, 4.69) is 10.2 Å². The molecule has 0 amide bonds. The second-order valence-electron chi connectivity index (χ2n) is 5.52. The van der Waals surface area contributed by atoms with E-state index in [9.17, 15) is 0 Å². The molecule has 0 N–H and O–H groups in total. The third kappa shape index (κ3) is 2.88. The minimum Gasteiger partial charge on any atom is -0.489 e. The van der Waals surface area contributed by atoms with Gasteiger partial charge in [0.05, 0.1) is 0 Å². The number of aromatic nitrogens is 3. The van der Waals surface area contributed by atoms with Crippen molar-refractivity contribution < 1.29 is 4.74 Å². The van der Waals surface area contributed by atoms with Gasteiger partial charge in [-0.15, -0.1) is 10.2 Å². The Hall–Kier alpha value is -3.08. The fraction of sp³-hybridized carbons (Fsp3) is 0.0526. The van der Waals surface area contributed by atoms with Crippen LogP contribution in [0, 0.1) is 0 Å². The Morgan fingerprint density at radius 1 is 0.917 bits per heavy atom. The maximum Gasteiger partial charge on any atom is 0.168 e. The van der Waals surface area contributed by atoms with Gasteiger partial charge in [-0.3, -0.25) is 4.40 Å². The molecule has 2 aromatic heterocycles. The second-order valence-corrected chi connectivity index (χ2v) is 5.52. The van der Waals surface area contributed by atoms with E-state index < -0.39 is 0 Å². The summed E-state index contributed by atoms with van der Waals surface area (Å²) in [5, 5.41) is 8.44. The predicted molar refractivity (Wildman–Crippen MR) is 94.6 cm³/mol. The lowest BCUT2D eigenvalue weighted by Gasteiger charge is -2.08. The van der Waals surface area contributed by atoms with Gasteiger partial charge in [-0.05, 0) is 23.8 Å². The normalized spacial score (nSPS) is 10.8. The maximum atomic E-state index is 5.88. The fourth-order valence-corrected chi connectivity index (χ4v) is 2.57. The summed E-state index contributed by atoms with van der Waals surface area (Å²) in [6, 6.07) is 21.6. The largest absolute Gasteiger partial charge is 0.489 e. The van der Waals surface area contributed by atoms with E-state index in [-0.39, 0.29) is 0 Å². The highest BCUT2D eigenvalue weighted by Gasteiger charge is 2.09. The van der Waals surface area contributed by atoms with Crippen LogP contribution in [0.25, 0.3) is 17.0 Å². The van der Waals surface area contributed by atoms with Gasteiger partial charge in [0.15, 0.2) is 11.5 Å². The van der Waals surface area contributed by atoms with Crippen LogP contribution >= 0.6 is 0 Å². The zero-order chi connectivity index (χ0) is 16.4. The molecule has 0 aliphatic carbocycles. The predicted octanol–water partition coefficient (Wildman–Crippen LogP) is 2.77. The summed E-state index contributed by atoms with van der Waals surface area (Å²) in [5.41, 5.74) is 3.48. The van der Waals surface area contributed by atoms with Crippen LogP contribution in [0.5, 0.6) is 5.75 Å². The average Bonchev–Trinajstić information content (AvgIpc) is 3.04. The average molecular weight is 311 g/mol. The van der Waals surface area contributed by atoms with Crippen molar-refractivity contribution in [1.82, 2.24) is 14.6 Å². The minimum absolute atomic E-state index is 0.526. The van der Waals surface area contributed by atoms with Crippen molar-refractivity contribution in [3.8, 4) is 17.1 Å². The van der Waals surface area contributed by atoms with Crippen molar-refractivity contribution in [2.24, 2.45) is 0 Å². The topological polar surface area (TPSA) is 39.4 Å². The number of pyridine rings is 1. The molecule has 2 aromatic carbocycles. The lowest BCUT2D eigenvalue weighted by Crippen LogP contribution is -2.05. The number of hydrogen-bond donors (Lipinski definition) is 0. The second kappa shape index (κ2) is 6.20. The molecular weight excluding hydrogens is 297 g/mol. The van der Waals surface area contributed by atoms with Crippen LogP contribution in [-0.2, 0) is 6.61 Å². The lowest BCUT2D eigenvalue weighted by atomic mass is 9.99. The van der Waals surface area contributed by atoms with Crippen molar-refractivity contribution in [2.45, 2.75) is 6.61 Å². The molecule has 5 heteroatoms. The smallest absolute Gasteiger partial charge is 0.168 e. The summed E-state index contributed by atoms with van der Waals surface area (Å²) in [6.45, 7) is 0.526.